The third-order valence-electron chi connectivity index (χ3n) is 13.4. The predicted molar refractivity (Wildman–Crippen MR) is 219 cm³/mol. The Bertz CT molecular complexity index is 2220. The van der Waals surface area contributed by atoms with E-state index in [-0.39, 0.29) is 24.2 Å². The average Bonchev–Trinajstić information content (AvgIpc) is 3.78. The molecule has 5 saturated heterocycles. The normalized spacial score (nSPS) is 22.6. The summed E-state index contributed by atoms with van der Waals surface area (Å²) in [7, 11) is 0. The third-order valence-corrected chi connectivity index (χ3v) is 13.8. The fourth-order valence-corrected chi connectivity index (χ4v) is 10.1. The summed E-state index contributed by atoms with van der Waals surface area (Å²) in [5.41, 5.74) is 3.70. The van der Waals surface area contributed by atoms with Crippen LogP contribution in [-0.4, -0.2) is 132 Å². The average molecular weight is 819 g/mol. The van der Waals surface area contributed by atoms with Gasteiger partial charge in [0.05, 0.1) is 27.3 Å². The first-order chi connectivity index (χ1) is 28.6. The highest BCUT2D eigenvalue weighted by atomic mass is 35.5. The highest BCUT2D eigenvalue weighted by Crippen LogP contribution is 2.43. The van der Waals surface area contributed by atoms with Gasteiger partial charge in [-0.1, -0.05) is 11.6 Å². The van der Waals surface area contributed by atoms with Crippen molar-refractivity contribution in [3.63, 3.8) is 0 Å². The second-order valence-corrected chi connectivity index (χ2v) is 17.3. The van der Waals surface area contributed by atoms with Crippen molar-refractivity contribution in [3.8, 4) is 6.07 Å². The van der Waals surface area contributed by atoms with Gasteiger partial charge in [-0.15, -0.1) is 0 Å². The summed E-state index contributed by atoms with van der Waals surface area (Å²) in [6, 6.07) is 12.1. The Kier molecular flexibility index (Phi) is 10.5. The van der Waals surface area contributed by atoms with Crippen molar-refractivity contribution in [2.45, 2.75) is 51.0 Å². The van der Waals surface area contributed by atoms with Crippen LogP contribution in [-0.2, 0) is 9.59 Å². The summed E-state index contributed by atoms with van der Waals surface area (Å²) in [5, 5.41) is 11.9. The van der Waals surface area contributed by atoms with Crippen molar-refractivity contribution in [3.05, 3.63) is 76.1 Å². The van der Waals surface area contributed by atoms with Gasteiger partial charge in [-0.05, 0) is 86.3 Å². The molecule has 0 radical (unpaired) electrons. The van der Waals surface area contributed by atoms with E-state index in [0.717, 1.165) is 107 Å². The summed E-state index contributed by atoms with van der Waals surface area (Å²) in [6.45, 7) is 9.37. The van der Waals surface area contributed by atoms with Crippen LogP contribution in [0.2, 0.25) is 5.02 Å². The molecule has 5 fully saturated rings. The van der Waals surface area contributed by atoms with Crippen LogP contribution in [0.4, 0.5) is 17.3 Å². The largest absolute Gasteiger partial charge is 0.371 e. The Hall–Kier alpha value is -5.59. The molecule has 306 valence electrons. The first kappa shape index (κ1) is 38.9. The summed E-state index contributed by atoms with van der Waals surface area (Å²) >= 11 is 6.31. The van der Waals surface area contributed by atoms with Crippen LogP contribution < -0.4 is 20.0 Å². The number of likely N-dealkylation sites (tertiary alicyclic amines) is 1. The fourth-order valence-electron chi connectivity index (χ4n) is 9.84. The molecule has 1 atom stereocenters. The number of fused-ring (bicyclic) bond motifs is 1. The number of carbonyl (C=O) groups excluding carboxylic acids is 5. The second-order valence-electron chi connectivity index (χ2n) is 16.9. The van der Waals surface area contributed by atoms with Crippen LogP contribution in [0.5, 0.6) is 0 Å². The van der Waals surface area contributed by atoms with Gasteiger partial charge in [-0.2, -0.15) is 5.26 Å². The van der Waals surface area contributed by atoms with Gasteiger partial charge in [0.15, 0.2) is 0 Å². The van der Waals surface area contributed by atoms with E-state index in [1.54, 1.807) is 30.6 Å². The summed E-state index contributed by atoms with van der Waals surface area (Å²) < 4.78 is 0. The fraction of sp³-hybridized carbons (Fsp3) is 0.488. The van der Waals surface area contributed by atoms with E-state index in [2.05, 4.69) is 41.0 Å². The van der Waals surface area contributed by atoms with Crippen molar-refractivity contribution in [1.29, 1.82) is 5.26 Å². The highest BCUT2D eigenvalue weighted by molar-refractivity contribution is 6.32. The number of nitrogens with one attached hydrogen (secondary N) is 1. The topological polar surface area (TPSA) is 166 Å². The smallest absolute Gasteiger partial charge is 0.262 e. The van der Waals surface area contributed by atoms with Gasteiger partial charge < -0.3 is 19.6 Å². The summed E-state index contributed by atoms with van der Waals surface area (Å²) in [5.74, 6) is -0.804. The van der Waals surface area contributed by atoms with E-state index in [1.807, 2.05) is 23.1 Å². The molecule has 6 aliphatic heterocycles. The molecule has 15 nitrogen and oxygen atoms in total. The second kappa shape index (κ2) is 15.9. The Labute approximate surface area is 347 Å². The first-order valence-electron chi connectivity index (χ1n) is 20.7. The number of halogens is 1. The highest BCUT2D eigenvalue weighted by Gasteiger charge is 2.45. The first-order valence-corrected chi connectivity index (χ1v) is 21.1. The van der Waals surface area contributed by atoms with Crippen molar-refractivity contribution in [2.75, 3.05) is 86.7 Å². The Balaban J connectivity index is 0.713. The number of anilines is 3. The lowest BCUT2D eigenvalue weighted by Gasteiger charge is -2.39. The van der Waals surface area contributed by atoms with Gasteiger partial charge in [0.2, 0.25) is 17.8 Å². The molecular formula is C43H47ClN10O5. The van der Waals surface area contributed by atoms with Crippen LogP contribution in [0.15, 0.2) is 48.8 Å². The van der Waals surface area contributed by atoms with E-state index in [0.29, 0.717) is 52.2 Å². The lowest BCUT2D eigenvalue weighted by molar-refractivity contribution is -0.136. The zero-order chi connectivity index (χ0) is 40.8. The van der Waals surface area contributed by atoms with Crippen LogP contribution in [0.1, 0.15) is 81.6 Å². The molecule has 3 aromatic rings. The van der Waals surface area contributed by atoms with E-state index in [4.69, 9.17) is 11.6 Å². The number of imide groups is 2. The predicted octanol–water partition coefficient (Wildman–Crippen LogP) is 3.57. The number of piperidine rings is 3. The van der Waals surface area contributed by atoms with Crippen LogP contribution in [0.3, 0.4) is 0 Å². The van der Waals surface area contributed by atoms with Gasteiger partial charge in [0.25, 0.3) is 17.7 Å². The molecule has 0 aliphatic carbocycles. The molecule has 1 spiro atoms. The zero-order valence-electron chi connectivity index (χ0n) is 32.9. The number of hydrogen-bond donors (Lipinski definition) is 1. The number of nitrogens with zero attached hydrogens (tertiary/aromatic N) is 9. The molecule has 59 heavy (non-hydrogen) atoms. The van der Waals surface area contributed by atoms with Gasteiger partial charge in [0, 0.05) is 102 Å². The van der Waals surface area contributed by atoms with Crippen LogP contribution >= 0.6 is 11.6 Å². The number of carbonyl (C=O) groups is 5. The van der Waals surface area contributed by atoms with Crippen molar-refractivity contribution in [2.24, 2.45) is 11.3 Å². The minimum absolute atomic E-state index is 0.0211. The number of benzene rings is 2. The van der Waals surface area contributed by atoms with Crippen molar-refractivity contribution in [1.82, 2.24) is 30.0 Å². The maximum atomic E-state index is 13.5. The van der Waals surface area contributed by atoms with Gasteiger partial charge in [-0.3, -0.25) is 39.1 Å². The molecule has 2 aromatic carbocycles. The number of nitriles is 1. The maximum Gasteiger partial charge on any atom is 0.262 e. The lowest BCUT2D eigenvalue weighted by atomic mass is 9.77. The number of amides is 5. The minimum Gasteiger partial charge on any atom is -0.371 e. The van der Waals surface area contributed by atoms with Crippen LogP contribution in [0, 0.1) is 22.7 Å². The van der Waals surface area contributed by atoms with E-state index in [1.165, 1.54) is 0 Å². The molecule has 1 N–H and O–H groups in total. The Morgan fingerprint density at radius 2 is 1.47 bits per heavy atom. The number of aromatic nitrogens is 2. The maximum absolute atomic E-state index is 13.5. The van der Waals surface area contributed by atoms with E-state index in [9.17, 15) is 29.2 Å². The molecule has 1 aromatic heterocycles. The van der Waals surface area contributed by atoms with Crippen molar-refractivity contribution < 1.29 is 24.0 Å². The number of rotatable bonds is 7. The molecule has 0 saturated carbocycles. The van der Waals surface area contributed by atoms with Gasteiger partial charge in [0.1, 0.15) is 12.1 Å². The van der Waals surface area contributed by atoms with E-state index >= 15 is 0 Å². The number of hydrogen-bond acceptors (Lipinski definition) is 12. The molecule has 5 amide bonds. The van der Waals surface area contributed by atoms with Gasteiger partial charge in [-0.25, -0.2) is 9.97 Å². The summed E-state index contributed by atoms with van der Waals surface area (Å²) in [4.78, 5) is 85.5. The number of piperazine rings is 1. The Morgan fingerprint density at radius 1 is 0.797 bits per heavy atom. The van der Waals surface area contributed by atoms with Crippen LogP contribution in [0.25, 0.3) is 0 Å². The summed E-state index contributed by atoms with van der Waals surface area (Å²) in [6.07, 6.45) is 8.54. The zero-order valence-corrected chi connectivity index (χ0v) is 33.7. The van der Waals surface area contributed by atoms with Gasteiger partial charge >= 0.3 is 0 Å². The molecule has 7 heterocycles. The van der Waals surface area contributed by atoms with E-state index < -0.39 is 29.7 Å². The lowest BCUT2D eigenvalue weighted by Crippen LogP contribution is -2.54. The quantitative estimate of drug-likeness (QED) is 0.345. The molecule has 6 aliphatic rings. The molecule has 1 unspecified atom stereocenters. The SMILES string of the molecule is N#Cc1ccc(N2CCC3(CCN(C(=O)c4cnc(N5CCN(CC6CCN(c7ccc8c(c7)C(=O)N(C7CCC(=O)NC7=O)C8=O)CC6)CC5)nc4)CC3)C2)cc1Cl. The molecule has 0 bridgehead atoms. The molecular weight excluding hydrogens is 772 g/mol. The standard InChI is InChI=1S/C43H47ClN10O5/c44-35-22-32(2-1-29(35)23-45)53-16-11-43(27-53)9-14-51(15-10-43)39(57)30-24-46-42(47-25-30)52-19-17-49(18-20-52)26-28-7-12-50(13-8-28)31-3-4-33-34(21-31)41(59)54(40(33)58)36-5-6-37(55)48-38(36)56/h1-4,21-22,24-25,28,36H,5-20,26-27H2,(H,48,55,56). The molecule has 9 rings (SSSR count). The molecule has 16 heteroatoms. The third kappa shape index (κ3) is 7.60. The monoisotopic (exact) mass is 818 g/mol. The minimum atomic E-state index is -0.973. The Morgan fingerprint density at radius 3 is 2.17 bits per heavy atom. The van der Waals surface area contributed by atoms with Crippen molar-refractivity contribution >= 4 is 58.5 Å².